The van der Waals surface area contributed by atoms with Crippen LogP contribution in [0.5, 0.6) is 0 Å². The van der Waals surface area contributed by atoms with Gasteiger partial charge < -0.3 is 15.0 Å². The van der Waals surface area contributed by atoms with Crippen LogP contribution in [-0.4, -0.2) is 27.7 Å². The lowest BCUT2D eigenvalue weighted by atomic mass is 10.2. The lowest BCUT2D eigenvalue weighted by molar-refractivity contribution is 0.119. The van der Waals surface area contributed by atoms with Gasteiger partial charge in [-0.15, -0.1) is 0 Å². The third-order valence-electron chi connectivity index (χ3n) is 3.54. The van der Waals surface area contributed by atoms with E-state index in [-0.39, 0.29) is 6.04 Å². The Labute approximate surface area is 113 Å². The Hall–Kier alpha value is -1.62. The minimum Gasteiger partial charge on any atom is -0.383 e. The zero-order valence-electron chi connectivity index (χ0n) is 12.3. The number of aryl methyl sites for hydroxylation is 2. The molecule has 104 valence electrons. The van der Waals surface area contributed by atoms with Crippen LogP contribution in [0.4, 0.5) is 5.82 Å². The summed E-state index contributed by atoms with van der Waals surface area (Å²) in [6.07, 6.45) is 0. The van der Waals surface area contributed by atoms with Crippen molar-refractivity contribution in [1.29, 1.82) is 0 Å². The van der Waals surface area contributed by atoms with Crippen molar-refractivity contribution in [2.75, 3.05) is 18.9 Å². The van der Waals surface area contributed by atoms with Crippen LogP contribution >= 0.6 is 0 Å². The molecule has 5 nitrogen and oxygen atoms in total. The fraction of sp³-hybridized carbons (Fsp3) is 0.571. The molecule has 0 aliphatic heterocycles. The number of nitrogens with zero attached hydrogens (tertiary/aromatic N) is 3. The molecule has 1 unspecified atom stereocenters. The van der Waals surface area contributed by atoms with Crippen LogP contribution in [-0.2, 0) is 4.74 Å². The van der Waals surface area contributed by atoms with Gasteiger partial charge in [0.25, 0.3) is 0 Å². The molecule has 2 heterocycles. The van der Waals surface area contributed by atoms with Crippen LogP contribution < -0.4 is 5.73 Å². The molecule has 0 fully saturated rings. The third-order valence-corrected chi connectivity index (χ3v) is 3.54. The number of anilines is 1. The molecule has 0 aromatic carbocycles. The van der Waals surface area contributed by atoms with E-state index in [0.717, 1.165) is 23.2 Å². The third kappa shape index (κ3) is 2.30. The Kier molecular flexibility index (Phi) is 3.75. The molecule has 0 aliphatic carbocycles. The summed E-state index contributed by atoms with van der Waals surface area (Å²) in [4.78, 5) is 8.82. The molecule has 5 heteroatoms. The van der Waals surface area contributed by atoms with Crippen LogP contribution in [0.2, 0.25) is 0 Å². The molecular weight excluding hydrogens is 240 g/mol. The summed E-state index contributed by atoms with van der Waals surface area (Å²) < 4.78 is 7.73. The molecule has 2 aromatic heterocycles. The molecule has 1 atom stereocenters. The van der Waals surface area contributed by atoms with Crippen molar-refractivity contribution in [2.24, 2.45) is 0 Å². The van der Waals surface area contributed by atoms with Crippen molar-refractivity contribution in [3.8, 4) is 0 Å². The average molecular weight is 262 g/mol. The predicted molar refractivity (Wildman–Crippen MR) is 77.4 cm³/mol. The van der Waals surface area contributed by atoms with Gasteiger partial charge in [-0.2, -0.15) is 0 Å². The number of hydrogen-bond donors (Lipinski definition) is 1. The van der Waals surface area contributed by atoms with Gasteiger partial charge in [0.15, 0.2) is 0 Å². The van der Waals surface area contributed by atoms with Gasteiger partial charge >= 0.3 is 0 Å². The number of aromatic nitrogens is 3. The Balaban J connectivity index is 2.63. The Morgan fingerprint density at radius 1 is 1.26 bits per heavy atom. The highest BCUT2D eigenvalue weighted by Crippen LogP contribution is 2.30. The smallest absolute Gasteiger partial charge is 0.146 e. The van der Waals surface area contributed by atoms with Crippen LogP contribution in [0.15, 0.2) is 0 Å². The second-order valence-corrected chi connectivity index (χ2v) is 4.94. The second-order valence-electron chi connectivity index (χ2n) is 4.94. The number of nitrogens with two attached hydrogens (primary N) is 1. The highest BCUT2D eigenvalue weighted by atomic mass is 16.5. The van der Waals surface area contributed by atoms with Gasteiger partial charge in [-0.25, -0.2) is 9.97 Å². The van der Waals surface area contributed by atoms with Gasteiger partial charge in [0.05, 0.1) is 18.0 Å². The standard InChI is InChI=1S/C14H22N4O/c1-6-19-7-8(2)18-10(4)9(3)12-13(15)16-11(5)17-14(12)18/h8H,6-7H2,1-5H3,(H2,15,16,17). The maximum Gasteiger partial charge on any atom is 0.146 e. The minimum absolute atomic E-state index is 0.227. The van der Waals surface area contributed by atoms with Gasteiger partial charge in [0.1, 0.15) is 17.3 Å². The van der Waals surface area contributed by atoms with Crippen molar-refractivity contribution >= 4 is 16.9 Å². The molecule has 0 bridgehead atoms. The Morgan fingerprint density at radius 2 is 1.95 bits per heavy atom. The van der Waals surface area contributed by atoms with Gasteiger partial charge in [-0.1, -0.05) is 0 Å². The van der Waals surface area contributed by atoms with E-state index in [4.69, 9.17) is 10.5 Å². The normalized spacial score (nSPS) is 13.1. The van der Waals surface area contributed by atoms with Gasteiger partial charge in [0, 0.05) is 12.3 Å². The first-order valence-electron chi connectivity index (χ1n) is 6.66. The fourth-order valence-electron chi connectivity index (χ4n) is 2.54. The van der Waals surface area contributed by atoms with E-state index in [1.807, 2.05) is 13.8 Å². The first kappa shape index (κ1) is 13.8. The predicted octanol–water partition coefficient (Wildman–Crippen LogP) is 2.54. The number of rotatable bonds is 4. The van der Waals surface area contributed by atoms with Gasteiger partial charge in [-0.05, 0) is 40.2 Å². The van der Waals surface area contributed by atoms with E-state index in [2.05, 4.69) is 35.3 Å². The van der Waals surface area contributed by atoms with E-state index < -0.39 is 0 Å². The van der Waals surface area contributed by atoms with Crippen molar-refractivity contribution in [2.45, 2.75) is 40.7 Å². The number of hydrogen-bond acceptors (Lipinski definition) is 4. The molecule has 2 N–H and O–H groups in total. The Bertz CT molecular complexity index is 603. The molecule has 2 rings (SSSR count). The molecule has 0 amide bonds. The molecule has 2 aromatic rings. The van der Waals surface area contributed by atoms with Crippen molar-refractivity contribution < 1.29 is 4.74 Å². The summed E-state index contributed by atoms with van der Waals surface area (Å²) in [5.41, 5.74) is 9.28. The number of fused-ring (bicyclic) bond motifs is 1. The summed E-state index contributed by atoms with van der Waals surface area (Å²) in [5, 5.41) is 0.964. The van der Waals surface area contributed by atoms with E-state index in [1.54, 1.807) is 0 Å². The summed E-state index contributed by atoms with van der Waals surface area (Å²) in [6, 6.07) is 0.227. The second kappa shape index (κ2) is 5.17. The number of nitrogen functional groups attached to an aromatic ring is 1. The molecule has 19 heavy (non-hydrogen) atoms. The lowest BCUT2D eigenvalue weighted by Crippen LogP contribution is -2.14. The van der Waals surface area contributed by atoms with Gasteiger partial charge in [0.2, 0.25) is 0 Å². The lowest BCUT2D eigenvalue weighted by Gasteiger charge is -2.17. The van der Waals surface area contributed by atoms with E-state index in [0.29, 0.717) is 18.2 Å². The van der Waals surface area contributed by atoms with E-state index in [1.165, 1.54) is 5.69 Å². The monoisotopic (exact) mass is 262 g/mol. The zero-order valence-corrected chi connectivity index (χ0v) is 12.3. The zero-order chi connectivity index (χ0) is 14.2. The van der Waals surface area contributed by atoms with Crippen LogP contribution in [0.25, 0.3) is 11.0 Å². The highest BCUT2D eigenvalue weighted by Gasteiger charge is 2.19. The van der Waals surface area contributed by atoms with Crippen molar-refractivity contribution in [3.05, 3.63) is 17.1 Å². The van der Waals surface area contributed by atoms with Crippen LogP contribution in [0.3, 0.4) is 0 Å². The van der Waals surface area contributed by atoms with Crippen LogP contribution in [0, 0.1) is 20.8 Å². The molecule has 0 saturated heterocycles. The van der Waals surface area contributed by atoms with Gasteiger partial charge in [-0.3, -0.25) is 0 Å². The number of ether oxygens (including phenoxy) is 1. The van der Waals surface area contributed by atoms with Crippen molar-refractivity contribution in [3.63, 3.8) is 0 Å². The minimum atomic E-state index is 0.227. The maximum absolute atomic E-state index is 6.04. The molecule has 0 radical (unpaired) electrons. The fourth-order valence-corrected chi connectivity index (χ4v) is 2.54. The molecule has 0 saturated carbocycles. The first-order chi connectivity index (χ1) is 8.97. The summed E-state index contributed by atoms with van der Waals surface area (Å²) in [6.45, 7) is 11.6. The van der Waals surface area contributed by atoms with Crippen LogP contribution in [0.1, 0.15) is 37.0 Å². The summed E-state index contributed by atoms with van der Waals surface area (Å²) >= 11 is 0. The first-order valence-corrected chi connectivity index (χ1v) is 6.66. The molecular formula is C14H22N4O. The van der Waals surface area contributed by atoms with E-state index in [9.17, 15) is 0 Å². The summed E-state index contributed by atoms with van der Waals surface area (Å²) in [7, 11) is 0. The Morgan fingerprint density at radius 3 is 2.58 bits per heavy atom. The maximum atomic E-state index is 6.04. The van der Waals surface area contributed by atoms with Crippen molar-refractivity contribution in [1.82, 2.24) is 14.5 Å². The quantitative estimate of drug-likeness (QED) is 0.919. The largest absolute Gasteiger partial charge is 0.383 e. The van der Waals surface area contributed by atoms with E-state index >= 15 is 0 Å². The highest BCUT2D eigenvalue weighted by molar-refractivity contribution is 5.91. The SMILES string of the molecule is CCOCC(C)n1c(C)c(C)c2c(N)nc(C)nc21. The topological polar surface area (TPSA) is 66.0 Å². The molecule has 0 spiro atoms. The average Bonchev–Trinajstić information content (AvgIpc) is 2.59. The summed E-state index contributed by atoms with van der Waals surface area (Å²) in [5.74, 6) is 1.26. The molecule has 0 aliphatic rings.